The SMILES string of the molecule is NC(=S)c1cc(S(=O)(=O)N2CC(O)C(O)C2)ccc1F. The maximum Gasteiger partial charge on any atom is 0.243 e. The van der Waals surface area contributed by atoms with Crippen molar-refractivity contribution in [2.45, 2.75) is 17.1 Å². The number of benzene rings is 1. The van der Waals surface area contributed by atoms with Crippen molar-refractivity contribution < 1.29 is 23.0 Å². The van der Waals surface area contributed by atoms with E-state index >= 15 is 0 Å². The molecular formula is C11H13FN2O4S2. The van der Waals surface area contributed by atoms with E-state index in [9.17, 15) is 23.0 Å². The standard InChI is InChI=1S/C11H13FN2O4S2/c12-8-2-1-6(3-7(8)11(13)19)20(17,18)14-4-9(15)10(16)5-14/h1-3,9-10,15-16H,4-5H2,(H2,13,19). The second-order valence-corrected chi connectivity index (χ2v) is 6.84. The molecule has 2 rings (SSSR count). The molecule has 110 valence electrons. The average molecular weight is 320 g/mol. The summed E-state index contributed by atoms with van der Waals surface area (Å²) >= 11 is 4.65. The first-order chi connectivity index (χ1) is 9.23. The molecule has 4 N–H and O–H groups in total. The number of rotatable bonds is 3. The quantitative estimate of drug-likeness (QED) is 0.629. The van der Waals surface area contributed by atoms with Crippen molar-refractivity contribution in [2.75, 3.05) is 13.1 Å². The van der Waals surface area contributed by atoms with Gasteiger partial charge in [0.25, 0.3) is 0 Å². The summed E-state index contributed by atoms with van der Waals surface area (Å²) in [6, 6.07) is 3.10. The van der Waals surface area contributed by atoms with Crippen molar-refractivity contribution in [1.82, 2.24) is 4.31 Å². The third-order valence-corrected chi connectivity index (χ3v) is 5.11. The smallest absolute Gasteiger partial charge is 0.243 e. The predicted octanol–water partition coefficient (Wildman–Crippen LogP) is -0.814. The van der Waals surface area contributed by atoms with Gasteiger partial charge in [-0.1, -0.05) is 12.2 Å². The van der Waals surface area contributed by atoms with Crippen molar-refractivity contribution in [3.05, 3.63) is 29.6 Å². The minimum absolute atomic E-state index is 0.165. The van der Waals surface area contributed by atoms with Crippen molar-refractivity contribution in [3.8, 4) is 0 Å². The molecule has 0 saturated carbocycles. The molecule has 0 spiro atoms. The summed E-state index contributed by atoms with van der Waals surface area (Å²) in [4.78, 5) is -0.441. The molecule has 1 aliphatic heterocycles. The highest BCUT2D eigenvalue weighted by Gasteiger charge is 2.37. The number of hydrogen-bond donors (Lipinski definition) is 3. The van der Waals surface area contributed by atoms with Crippen LogP contribution < -0.4 is 5.73 Å². The van der Waals surface area contributed by atoms with Crippen LogP contribution in [0.2, 0.25) is 0 Å². The van der Waals surface area contributed by atoms with Crippen LogP contribution in [0.5, 0.6) is 0 Å². The summed E-state index contributed by atoms with van der Waals surface area (Å²) in [6.07, 6.45) is -2.28. The summed E-state index contributed by atoms with van der Waals surface area (Å²) in [5.41, 5.74) is 5.16. The minimum atomic E-state index is -3.95. The van der Waals surface area contributed by atoms with Gasteiger partial charge in [0, 0.05) is 18.7 Å². The van der Waals surface area contributed by atoms with Gasteiger partial charge >= 0.3 is 0 Å². The number of nitrogens with two attached hydrogens (primary N) is 1. The highest BCUT2D eigenvalue weighted by atomic mass is 32.2. The van der Waals surface area contributed by atoms with Crippen LogP contribution >= 0.6 is 12.2 Å². The Bertz CT molecular complexity index is 640. The van der Waals surface area contributed by atoms with E-state index in [-0.39, 0.29) is 28.5 Å². The minimum Gasteiger partial charge on any atom is -0.389 e. The molecule has 1 aromatic rings. The lowest BCUT2D eigenvalue weighted by molar-refractivity contribution is 0.0572. The first-order valence-electron chi connectivity index (χ1n) is 5.69. The molecule has 1 aliphatic rings. The molecule has 1 aromatic carbocycles. The summed E-state index contributed by atoms with van der Waals surface area (Å²) in [5, 5.41) is 18.8. The lowest BCUT2D eigenvalue weighted by Crippen LogP contribution is -2.30. The molecule has 1 fully saturated rings. The fourth-order valence-electron chi connectivity index (χ4n) is 1.93. The van der Waals surface area contributed by atoms with Gasteiger partial charge in [0.1, 0.15) is 10.8 Å². The fourth-order valence-corrected chi connectivity index (χ4v) is 3.59. The Morgan fingerprint density at radius 3 is 2.40 bits per heavy atom. The van der Waals surface area contributed by atoms with E-state index in [0.717, 1.165) is 22.5 Å². The molecule has 1 heterocycles. The largest absolute Gasteiger partial charge is 0.389 e. The van der Waals surface area contributed by atoms with Gasteiger partial charge in [0.15, 0.2) is 0 Å². The summed E-state index contributed by atoms with van der Waals surface area (Å²) in [6.45, 7) is -0.438. The van der Waals surface area contributed by atoms with Gasteiger partial charge in [-0.3, -0.25) is 0 Å². The van der Waals surface area contributed by atoms with Crippen molar-refractivity contribution in [3.63, 3.8) is 0 Å². The molecule has 2 unspecified atom stereocenters. The van der Waals surface area contributed by atoms with Gasteiger partial charge in [-0.2, -0.15) is 4.31 Å². The molecule has 9 heteroatoms. The maximum atomic E-state index is 13.5. The van der Waals surface area contributed by atoms with Gasteiger partial charge in [-0.15, -0.1) is 0 Å². The Labute approximate surface area is 120 Å². The Kier molecular flexibility index (Phi) is 4.07. The first-order valence-corrected chi connectivity index (χ1v) is 7.54. The number of aliphatic hydroxyl groups is 2. The van der Waals surface area contributed by atoms with Crippen LogP contribution in [0.15, 0.2) is 23.1 Å². The van der Waals surface area contributed by atoms with Crippen LogP contribution in [0.4, 0.5) is 4.39 Å². The topological polar surface area (TPSA) is 104 Å². The van der Waals surface area contributed by atoms with Crippen LogP contribution in [0.3, 0.4) is 0 Å². The molecule has 0 radical (unpaired) electrons. The van der Waals surface area contributed by atoms with E-state index in [1.165, 1.54) is 0 Å². The van der Waals surface area contributed by atoms with Crippen LogP contribution in [0.25, 0.3) is 0 Å². The molecule has 0 bridgehead atoms. The van der Waals surface area contributed by atoms with Gasteiger partial charge in [-0.05, 0) is 18.2 Å². The monoisotopic (exact) mass is 320 g/mol. The van der Waals surface area contributed by atoms with Gasteiger partial charge < -0.3 is 15.9 Å². The van der Waals surface area contributed by atoms with Crippen LogP contribution in [-0.2, 0) is 10.0 Å². The first kappa shape index (κ1) is 15.3. The molecule has 0 aromatic heterocycles. The number of sulfonamides is 1. The Morgan fingerprint density at radius 1 is 1.35 bits per heavy atom. The summed E-state index contributed by atoms with van der Waals surface area (Å²) in [7, 11) is -3.95. The Balaban J connectivity index is 2.40. The zero-order chi connectivity index (χ0) is 15.1. The van der Waals surface area contributed by atoms with Crippen LogP contribution in [-0.4, -0.2) is 53.2 Å². The van der Waals surface area contributed by atoms with Gasteiger partial charge in [-0.25, -0.2) is 12.8 Å². The predicted molar refractivity (Wildman–Crippen MR) is 73.1 cm³/mol. The van der Waals surface area contributed by atoms with Gasteiger partial charge in [0.2, 0.25) is 10.0 Å². The summed E-state index contributed by atoms with van der Waals surface area (Å²) in [5.74, 6) is -0.710. The third-order valence-electron chi connectivity index (χ3n) is 3.07. The Morgan fingerprint density at radius 2 is 1.90 bits per heavy atom. The number of nitrogens with zero attached hydrogens (tertiary/aromatic N) is 1. The van der Waals surface area contributed by atoms with E-state index in [0.29, 0.717) is 0 Å². The lowest BCUT2D eigenvalue weighted by Gasteiger charge is -2.16. The molecule has 0 amide bonds. The van der Waals surface area contributed by atoms with Crippen molar-refractivity contribution in [1.29, 1.82) is 0 Å². The zero-order valence-electron chi connectivity index (χ0n) is 10.2. The van der Waals surface area contributed by atoms with E-state index in [1.807, 2.05) is 0 Å². The van der Waals surface area contributed by atoms with Gasteiger partial charge in [0.05, 0.1) is 17.1 Å². The highest BCUT2D eigenvalue weighted by Crippen LogP contribution is 2.23. The number of thiocarbonyl (C=S) groups is 1. The Hall–Kier alpha value is -1.13. The van der Waals surface area contributed by atoms with E-state index < -0.39 is 28.0 Å². The average Bonchev–Trinajstić information content (AvgIpc) is 2.70. The van der Waals surface area contributed by atoms with Crippen molar-refractivity contribution in [2.24, 2.45) is 5.73 Å². The third kappa shape index (κ3) is 2.67. The number of hydrogen-bond acceptors (Lipinski definition) is 5. The van der Waals surface area contributed by atoms with Crippen LogP contribution in [0, 0.1) is 5.82 Å². The van der Waals surface area contributed by atoms with E-state index in [4.69, 9.17) is 5.73 Å². The normalized spacial score (nSPS) is 23.9. The molecule has 0 aliphatic carbocycles. The van der Waals surface area contributed by atoms with Crippen LogP contribution in [0.1, 0.15) is 5.56 Å². The second-order valence-electron chi connectivity index (χ2n) is 4.46. The zero-order valence-corrected chi connectivity index (χ0v) is 11.9. The van der Waals surface area contributed by atoms with Crippen molar-refractivity contribution >= 4 is 27.2 Å². The second kappa shape index (κ2) is 5.34. The molecule has 1 saturated heterocycles. The number of aliphatic hydroxyl groups excluding tert-OH is 2. The van der Waals surface area contributed by atoms with E-state index in [2.05, 4.69) is 12.2 Å². The summed E-state index contributed by atoms with van der Waals surface area (Å²) < 4.78 is 39.0. The molecule has 20 heavy (non-hydrogen) atoms. The molecule has 2 atom stereocenters. The fraction of sp³-hybridized carbons (Fsp3) is 0.364. The molecular weight excluding hydrogens is 307 g/mol. The maximum absolute atomic E-state index is 13.5. The number of halogens is 1. The molecule has 6 nitrogen and oxygen atoms in total. The van der Waals surface area contributed by atoms with E-state index in [1.54, 1.807) is 0 Å². The lowest BCUT2D eigenvalue weighted by atomic mass is 10.2. The number of β-amino-alcohol motifs (C(OH)–C–C–N with tert-alkyl or cyclic N) is 2. The highest BCUT2D eigenvalue weighted by molar-refractivity contribution is 7.89.